The summed E-state index contributed by atoms with van der Waals surface area (Å²) in [6, 6.07) is 9.28. The smallest absolute Gasteiger partial charge is 0.275 e. The first-order valence-electron chi connectivity index (χ1n) is 8.55. The number of ether oxygens (including phenoxy) is 1. The van der Waals surface area contributed by atoms with Crippen LogP contribution in [-0.4, -0.2) is 28.0 Å². The fourth-order valence-electron chi connectivity index (χ4n) is 3.00. The van der Waals surface area contributed by atoms with E-state index in [-0.39, 0.29) is 24.1 Å². The number of carbonyl (C=O) groups excluding carboxylic acids is 1. The summed E-state index contributed by atoms with van der Waals surface area (Å²) >= 11 is 0. The predicted octanol–water partition coefficient (Wildman–Crippen LogP) is 2.61. The molecule has 136 valence electrons. The Labute approximate surface area is 152 Å². The Morgan fingerprint density at radius 2 is 1.88 bits per heavy atom. The van der Waals surface area contributed by atoms with E-state index in [2.05, 4.69) is 5.32 Å². The maximum Gasteiger partial charge on any atom is 0.275 e. The van der Waals surface area contributed by atoms with E-state index in [9.17, 15) is 9.59 Å². The van der Waals surface area contributed by atoms with Gasteiger partial charge < -0.3 is 14.5 Å². The van der Waals surface area contributed by atoms with Crippen LogP contribution in [0.4, 0.5) is 0 Å². The van der Waals surface area contributed by atoms with E-state index < -0.39 is 0 Å². The van der Waals surface area contributed by atoms with Crippen LogP contribution in [0.2, 0.25) is 0 Å². The first kappa shape index (κ1) is 17.8. The van der Waals surface area contributed by atoms with E-state index in [1.807, 2.05) is 67.9 Å². The van der Waals surface area contributed by atoms with Crippen LogP contribution in [0.1, 0.15) is 19.4 Å². The molecule has 0 aliphatic heterocycles. The minimum absolute atomic E-state index is 0.0157. The average molecular weight is 353 g/mol. The fraction of sp³-hybridized carbons (Fsp3) is 0.300. The third-order valence-corrected chi connectivity index (χ3v) is 4.14. The molecule has 2 aromatic heterocycles. The lowest BCUT2D eigenvalue weighted by molar-refractivity contribution is -0.122. The molecule has 3 aromatic rings. The summed E-state index contributed by atoms with van der Waals surface area (Å²) in [5.74, 6) is 0.544. The highest BCUT2D eigenvalue weighted by molar-refractivity contribution is 5.77. The quantitative estimate of drug-likeness (QED) is 0.767. The van der Waals surface area contributed by atoms with Crippen molar-refractivity contribution in [3.63, 3.8) is 0 Å². The number of aromatic nitrogens is 2. The number of rotatable bonds is 5. The van der Waals surface area contributed by atoms with Gasteiger partial charge >= 0.3 is 0 Å². The van der Waals surface area contributed by atoms with Gasteiger partial charge in [-0.15, -0.1) is 0 Å². The summed E-state index contributed by atoms with van der Waals surface area (Å²) in [5, 5.41) is 2.84. The van der Waals surface area contributed by atoms with Crippen LogP contribution < -0.4 is 15.6 Å². The molecule has 6 nitrogen and oxygen atoms in total. The number of nitrogens with zero attached hydrogens (tertiary/aromatic N) is 2. The van der Waals surface area contributed by atoms with E-state index in [1.54, 1.807) is 7.11 Å². The number of amides is 1. The maximum absolute atomic E-state index is 13.0. The van der Waals surface area contributed by atoms with E-state index in [0.717, 1.165) is 16.9 Å². The molecular weight excluding hydrogens is 330 g/mol. The minimum Gasteiger partial charge on any atom is -0.497 e. The molecule has 1 aromatic carbocycles. The molecule has 0 radical (unpaired) electrons. The monoisotopic (exact) mass is 353 g/mol. The molecule has 0 spiro atoms. The lowest BCUT2D eigenvalue weighted by Gasteiger charge is -2.15. The van der Waals surface area contributed by atoms with Crippen LogP contribution in [0.5, 0.6) is 5.75 Å². The highest BCUT2D eigenvalue weighted by Crippen LogP contribution is 2.22. The molecule has 0 aliphatic rings. The second-order valence-corrected chi connectivity index (χ2v) is 6.67. The van der Waals surface area contributed by atoms with Crippen LogP contribution >= 0.6 is 0 Å². The third kappa shape index (κ3) is 3.49. The Morgan fingerprint density at radius 3 is 2.50 bits per heavy atom. The normalized spacial score (nSPS) is 11.1. The van der Waals surface area contributed by atoms with Crippen LogP contribution in [0.25, 0.3) is 16.8 Å². The third-order valence-electron chi connectivity index (χ3n) is 4.14. The van der Waals surface area contributed by atoms with Gasteiger partial charge in [0.15, 0.2) is 0 Å². The molecule has 0 saturated heterocycles. The van der Waals surface area contributed by atoms with Gasteiger partial charge in [0, 0.05) is 24.0 Å². The van der Waals surface area contributed by atoms with Gasteiger partial charge in [-0.05, 0) is 56.7 Å². The Bertz CT molecular complexity index is 998. The van der Waals surface area contributed by atoms with Gasteiger partial charge in [-0.25, -0.2) is 0 Å². The number of hydrogen-bond donors (Lipinski definition) is 1. The van der Waals surface area contributed by atoms with Crippen molar-refractivity contribution in [1.29, 1.82) is 0 Å². The van der Waals surface area contributed by atoms with E-state index >= 15 is 0 Å². The summed E-state index contributed by atoms with van der Waals surface area (Å²) in [4.78, 5) is 25.3. The first-order valence-corrected chi connectivity index (χ1v) is 8.55. The Kier molecular flexibility index (Phi) is 4.84. The Morgan fingerprint density at radius 1 is 1.19 bits per heavy atom. The Hall–Kier alpha value is -3.02. The van der Waals surface area contributed by atoms with Crippen LogP contribution in [0, 0.1) is 6.92 Å². The molecule has 1 N–H and O–H groups in total. The van der Waals surface area contributed by atoms with Crippen molar-refractivity contribution in [2.75, 3.05) is 7.11 Å². The average Bonchev–Trinajstić information content (AvgIpc) is 2.97. The molecule has 6 heteroatoms. The zero-order chi connectivity index (χ0) is 18.8. The number of fused-ring (bicyclic) bond motifs is 1. The minimum atomic E-state index is -0.190. The molecule has 2 heterocycles. The van der Waals surface area contributed by atoms with Gasteiger partial charge in [0.1, 0.15) is 17.8 Å². The van der Waals surface area contributed by atoms with Crippen LogP contribution in [0.3, 0.4) is 0 Å². The number of nitrogens with one attached hydrogen (secondary N) is 1. The van der Waals surface area contributed by atoms with E-state index in [0.29, 0.717) is 11.2 Å². The molecule has 26 heavy (non-hydrogen) atoms. The molecule has 0 fully saturated rings. The molecule has 0 atom stereocenters. The molecular formula is C20H23N3O3. The summed E-state index contributed by atoms with van der Waals surface area (Å²) in [6.45, 7) is 5.70. The molecule has 0 unspecified atom stereocenters. The molecule has 3 rings (SSSR count). The highest BCUT2D eigenvalue weighted by Gasteiger charge is 2.15. The predicted molar refractivity (Wildman–Crippen MR) is 102 cm³/mol. The zero-order valence-corrected chi connectivity index (χ0v) is 15.4. The number of hydrogen-bond acceptors (Lipinski definition) is 3. The standard InChI is InChI=1S/C20H23N3O3/c1-13(2)21-19(24)12-23-18(15-5-7-16(26-4)8-6-15)11-22-10-14(3)9-17(22)20(23)25/h5-11,13H,12H2,1-4H3,(H,21,24). The van der Waals surface area contributed by atoms with Crippen molar-refractivity contribution in [2.24, 2.45) is 0 Å². The van der Waals surface area contributed by atoms with Crippen molar-refractivity contribution >= 4 is 11.4 Å². The fourth-order valence-corrected chi connectivity index (χ4v) is 3.00. The number of benzene rings is 1. The van der Waals surface area contributed by atoms with Gasteiger partial charge in [0.2, 0.25) is 5.91 Å². The van der Waals surface area contributed by atoms with Gasteiger partial charge in [0.05, 0.1) is 12.8 Å². The van der Waals surface area contributed by atoms with Crippen LogP contribution in [0.15, 0.2) is 47.5 Å². The van der Waals surface area contributed by atoms with E-state index in [4.69, 9.17) is 4.74 Å². The summed E-state index contributed by atoms with van der Waals surface area (Å²) in [7, 11) is 1.61. The second-order valence-electron chi connectivity index (χ2n) is 6.67. The lowest BCUT2D eigenvalue weighted by atomic mass is 10.1. The SMILES string of the molecule is COc1ccc(-c2cn3cc(C)cc3c(=O)n2CC(=O)NC(C)C)cc1. The van der Waals surface area contributed by atoms with Crippen molar-refractivity contribution in [3.8, 4) is 17.0 Å². The highest BCUT2D eigenvalue weighted by atomic mass is 16.5. The summed E-state index contributed by atoms with van der Waals surface area (Å²) < 4.78 is 8.54. The van der Waals surface area contributed by atoms with Crippen LogP contribution in [-0.2, 0) is 11.3 Å². The van der Waals surface area contributed by atoms with Crippen molar-refractivity contribution in [3.05, 3.63) is 58.6 Å². The van der Waals surface area contributed by atoms with Gasteiger partial charge in [-0.2, -0.15) is 0 Å². The first-order chi connectivity index (χ1) is 12.4. The molecule has 0 aliphatic carbocycles. The zero-order valence-electron chi connectivity index (χ0n) is 15.4. The maximum atomic E-state index is 13.0. The molecule has 0 saturated carbocycles. The molecule has 1 amide bonds. The van der Waals surface area contributed by atoms with Gasteiger partial charge in [-0.1, -0.05) is 0 Å². The van der Waals surface area contributed by atoms with Gasteiger partial charge in [0.25, 0.3) is 5.56 Å². The molecule has 0 bridgehead atoms. The van der Waals surface area contributed by atoms with Crippen molar-refractivity contribution < 1.29 is 9.53 Å². The topological polar surface area (TPSA) is 64.7 Å². The summed E-state index contributed by atoms with van der Waals surface area (Å²) in [5.41, 5.74) is 2.88. The Balaban J connectivity index is 2.16. The second kappa shape index (κ2) is 7.07. The number of carbonyl (C=O) groups is 1. The lowest BCUT2D eigenvalue weighted by Crippen LogP contribution is -2.36. The number of methoxy groups -OCH3 is 1. The number of aryl methyl sites for hydroxylation is 1. The van der Waals surface area contributed by atoms with Crippen molar-refractivity contribution in [2.45, 2.75) is 33.4 Å². The largest absolute Gasteiger partial charge is 0.497 e. The van der Waals surface area contributed by atoms with Gasteiger partial charge in [-0.3, -0.25) is 14.2 Å². The summed E-state index contributed by atoms with van der Waals surface area (Å²) in [6.07, 6.45) is 3.79. The van der Waals surface area contributed by atoms with Crippen molar-refractivity contribution in [1.82, 2.24) is 14.3 Å². The van der Waals surface area contributed by atoms with E-state index in [1.165, 1.54) is 4.57 Å².